The molecule has 0 rings (SSSR count). The minimum Gasteiger partial charge on any atom is -0.793 e. The molecule has 0 N–H and O–H groups in total. The highest BCUT2D eigenvalue weighted by Gasteiger charge is 2.04. The average Bonchev–Trinajstić information content (AvgIpc) is 2.19. The van der Waals surface area contributed by atoms with E-state index in [0.717, 1.165) is 10.2 Å². The van der Waals surface area contributed by atoms with Gasteiger partial charge in [-0.2, -0.15) is 5.75 Å². The van der Waals surface area contributed by atoms with Crippen molar-refractivity contribution in [2.24, 2.45) is 0 Å². The third-order valence-corrected chi connectivity index (χ3v) is 3.26. The lowest BCUT2D eigenvalue weighted by atomic mass is 10.1. The highest BCUT2D eigenvalue weighted by atomic mass is 35.5. The largest absolute Gasteiger partial charge is 0.793 e. The Morgan fingerprint density at radius 2 is 1.00 bits per heavy atom. The predicted molar refractivity (Wildman–Crippen MR) is 83.9 cm³/mol. The molecule has 1 nitrogen and oxygen atoms in total. The van der Waals surface area contributed by atoms with Gasteiger partial charge < -0.3 is 17.1 Å². The first-order chi connectivity index (χ1) is 7.56. The van der Waals surface area contributed by atoms with Crippen molar-refractivity contribution in [2.45, 2.75) is 57.8 Å². The number of nitrogens with zero attached hydrogens (tertiary/aromatic N) is 1. The molecule has 0 spiro atoms. The lowest BCUT2D eigenvalue weighted by molar-refractivity contribution is -0.870. The van der Waals surface area contributed by atoms with Crippen molar-refractivity contribution in [1.82, 2.24) is 0 Å². The van der Waals surface area contributed by atoms with Gasteiger partial charge in [-0.3, -0.25) is 0 Å². The fraction of sp³-hybridized carbons (Fsp3) is 1.00. The van der Waals surface area contributed by atoms with Gasteiger partial charge in [-0.05, 0) is 12.8 Å². The molecule has 0 unspecified atom stereocenters. The van der Waals surface area contributed by atoms with E-state index in [9.17, 15) is 0 Å². The van der Waals surface area contributed by atoms with Gasteiger partial charge in [0, 0.05) is 0 Å². The number of unbranched alkanes of at least 4 members (excludes halogenated alkanes) is 8. The SMILES string of the molecule is C[N+](C)(C)CCCCCCCCCCC[S-].Cl. The van der Waals surface area contributed by atoms with Crippen molar-refractivity contribution in [1.29, 1.82) is 0 Å². The molecule has 0 aromatic rings. The highest BCUT2D eigenvalue weighted by Crippen LogP contribution is 2.10. The highest BCUT2D eigenvalue weighted by molar-refractivity contribution is 7.58. The van der Waals surface area contributed by atoms with E-state index in [1.54, 1.807) is 0 Å². The molecule has 0 aromatic heterocycles. The summed E-state index contributed by atoms with van der Waals surface area (Å²) in [4.78, 5) is 0. The fourth-order valence-corrected chi connectivity index (χ4v) is 2.13. The first-order valence-corrected chi connectivity index (χ1v) is 7.52. The summed E-state index contributed by atoms with van der Waals surface area (Å²) in [7, 11) is 6.83. The second-order valence-electron chi connectivity index (χ2n) is 5.90. The van der Waals surface area contributed by atoms with Crippen molar-refractivity contribution in [3.63, 3.8) is 0 Å². The van der Waals surface area contributed by atoms with Crippen LogP contribution < -0.4 is 0 Å². The van der Waals surface area contributed by atoms with Crippen LogP contribution in [0.4, 0.5) is 0 Å². The molecular weight excluding hydrogens is 250 g/mol. The van der Waals surface area contributed by atoms with Gasteiger partial charge in [0.05, 0.1) is 27.7 Å². The molecule has 0 aliphatic carbocycles. The second-order valence-corrected chi connectivity index (χ2v) is 6.31. The molecule has 0 heterocycles. The summed E-state index contributed by atoms with van der Waals surface area (Å²) in [6.45, 7) is 1.32. The van der Waals surface area contributed by atoms with Crippen LogP contribution in [0.5, 0.6) is 0 Å². The van der Waals surface area contributed by atoms with Crippen molar-refractivity contribution in [3.8, 4) is 0 Å². The molecule has 0 aliphatic rings. The second kappa shape index (κ2) is 13.0. The van der Waals surface area contributed by atoms with Gasteiger partial charge in [0.1, 0.15) is 0 Å². The van der Waals surface area contributed by atoms with E-state index in [1.165, 1.54) is 64.3 Å². The van der Waals surface area contributed by atoms with Crippen LogP contribution in [0.15, 0.2) is 0 Å². The van der Waals surface area contributed by atoms with Gasteiger partial charge >= 0.3 is 0 Å². The maximum Gasteiger partial charge on any atom is 0.0780 e. The zero-order valence-corrected chi connectivity index (χ0v) is 13.7. The Labute approximate surface area is 121 Å². The molecular formula is C14H32ClNS. The van der Waals surface area contributed by atoms with Crippen LogP contribution in [0, 0.1) is 0 Å². The van der Waals surface area contributed by atoms with Crippen LogP contribution >= 0.6 is 12.4 Å². The molecule has 0 aromatic carbocycles. The Bertz CT molecular complexity index is 146. The molecule has 0 saturated carbocycles. The van der Waals surface area contributed by atoms with E-state index >= 15 is 0 Å². The normalized spacial score (nSPS) is 11.3. The first-order valence-electron chi connectivity index (χ1n) is 6.95. The smallest absolute Gasteiger partial charge is 0.0780 e. The van der Waals surface area contributed by atoms with Gasteiger partial charge in [0.25, 0.3) is 0 Å². The van der Waals surface area contributed by atoms with Crippen LogP contribution in [-0.4, -0.2) is 37.9 Å². The van der Waals surface area contributed by atoms with E-state index in [4.69, 9.17) is 12.6 Å². The first kappa shape index (κ1) is 19.9. The van der Waals surface area contributed by atoms with E-state index in [2.05, 4.69) is 21.1 Å². The molecule has 0 bridgehead atoms. The zero-order valence-electron chi connectivity index (χ0n) is 12.0. The van der Waals surface area contributed by atoms with Crippen molar-refractivity contribution < 1.29 is 4.48 Å². The number of hydrogen-bond acceptors (Lipinski definition) is 1. The van der Waals surface area contributed by atoms with Crippen LogP contribution in [-0.2, 0) is 12.6 Å². The van der Waals surface area contributed by atoms with Gasteiger partial charge in [0.2, 0.25) is 0 Å². The minimum atomic E-state index is 0. The lowest BCUT2D eigenvalue weighted by Crippen LogP contribution is -2.35. The maximum absolute atomic E-state index is 4.93. The monoisotopic (exact) mass is 281 g/mol. The van der Waals surface area contributed by atoms with Gasteiger partial charge in [0.15, 0.2) is 0 Å². The Morgan fingerprint density at radius 3 is 1.35 bits per heavy atom. The topological polar surface area (TPSA) is 0 Å². The Hall–Kier alpha value is 0.600. The summed E-state index contributed by atoms with van der Waals surface area (Å²) in [5, 5.41) is 0. The summed E-state index contributed by atoms with van der Waals surface area (Å²) in [6, 6.07) is 0. The molecule has 0 fully saturated rings. The third kappa shape index (κ3) is 19.1. The Kier molecular flexibility index (Phi) is 15.3. The summed E-state index contributed by atoms with van der Waals surface area (Å²) in [5.74, 6) is 0.949. The van der Waals surface area contributed by atoms with E-state index in [0.29, 0.717) is 0 Å². The molecule has 0 atom stereocenters. The molecule has 3 heteroatoms. The van der Waals surface area contributed by atoms with E-state index < -0.39 is 0 Å². The molecule has 0 amide bonds. The molecule has 0 saturated heterocycles. The van der Waals surface area contributed by atoms with Crippen LogP contribution in [0.1, 0.15) is 57.8 Å². The van der Waals surface area contributed by atoms with E-state index in [-0.39, 0.29) is 12.4 Å². The van der Waals surface area contributed by atoms with Gasteiger partial charge in [-0.1, -0.05) is 44.9 Å². The summed E-state index contributed by atoms with van der Waals surface area (Å²) in [6.07, 6.45) is 12.5. The molecule has 106 valence electrons. The summed E-state index contributed by atoms with van der Waals surface area (Å²) in [5.41, 5.74) is 0. The number of quaternary nitrogens is 1. The zero-order chi connectivity index (χ0) is 12.3. The predicted octanol–water partition coefficient (Wildman–Crippen LogP) is 4.17. The standard InChI is InChI=1S/C14H31NS.ClH/c1-15(2,3)13-11-9-7-5-4-6-8-10-12-14-16;/h4-14H2,1-3H3;1H. The van der Waals surface area contributed by atoms with Crippen molar-refractivity contribution in [2.75, 3.05) is 33.4 Å². The molecule has 0 aliphatic heterocycles. The van der Waals surface area contributed by atoms with Crippen molar-refractivity contribution in [3.05, 3.63) is 0 Å². The quantitative estimate of drug-likeness (QED) is 0.311. The van der Waals surface area contributed by atoms with Crippen LogP contribution in [0.25, 0.3) is 0 Å². The van der Waals surface area contributed by atoms with E-state index in [1.807, 2.05) is 0 Å². The number of hydrogen-bond donors (Lipinski definition) is 0. The Balaban J connectivity index is 0. The van der Waals surface area contributed by atoms with Gasteiger partial charge in [-0.15, -0.1) is 12.4 Å². The van der Waals surface area contributed by atoms with Crippen molar-refractivity contribution >= 4 is 25.0 Å². The summed E-state index contributed by atoms with van der Waals surface area (Å²) < 4.78 is 1.11. The Morgan fingerprint density at radius 1 is 0.647 bits per heavy atom. The van der Waals surface area contributed by atoms with Crippen LogP contribution in [0.2, 0.25) is 0 Å². The fourth-order valence-electron chi connectivity index (χ4n) is 1.93. The summed E-state index contributed by atoms with van der Waals surface area (Å²) >= 11 is 4.93. The maximum atomic E-state index is 4.93. The number of halogens is 1. The van der Waals surface area contributed by atoms with Gasteiger partial charge in [-0.25, -0.2) is 0 Å². The molecule has 17 heavy (non-hydrogen) atoms. The number of rotatable bonds is 11. The third-order valence-electron chi connectivity index (χ3n) is 2.97. The lowest BCUT2D eigenvalue weighted by Gasteiger charge is -2.23. The molecule has 0 radical (unpaired) electrons. The average molecular weight is 282 g/mol. The van der Waals surface area contributed by atoms with Crippen LogP contribution in [0.3, 0.4) is 0 Å². The minimum absolute atomic E-state index is 0.